The summed E-state index contributed by atoms with van der Waals surface area (Å²) in [7, 11) is -7.55. The van der Waals surface area contributed by atoms with E-state index in [9.17, 15) is 21.6 Å². The molecule has 2 heterocycles. The monoisotopic (exact) mass is 573 g/mol. The van der Waals surface area contributed by atoms with Crippen LogP contribution in [0.1, 0.15) is 12.8 Å². The van der Waals surface area contributed by atoms with E-state index in [4.69, 9.17) is 23.2 Å². The molecule has 0 unspecified atom stereocenters. The Labute approximate surface area is 218 Å². The molecule has 186 valence electrons. The maximum absolute atomic E-state index is 12.8. The number of hydrogen-bond donors (Lipinski definition) is 2. The number of rotatable bonds is 7. The number of nitrogens with zero attached hydrogens (tertiary/aromatic N) is 1. The van der Waals surface area contributed by atoms with E-state index < -0.39 is 26.0 Å². The Kier molecular flexibility index (Phi) is 7.74. The molecule has 8 nitrogen and oxygen atoms in total. The molecule has 2 N–H and O–H groups in total. The van der Waals surface area contributed by atoms with Crippen molar-refractivity contribution in [1.29, 1.82) is 0 Å². The summed E-state index contributed by atoms with van der Waals surface area (Å²) in [6, 6.07) is 13.3. The van der Waals surface area contributed by atoms with Gasteiger partial charge in [-0.15, -0.1) is 11.3 Å². The fourth-order valence-electron chi connectivity index (χ4n) is 3.65. The number of carbonyl (C=O) groups excluding carboxylic acids is 1. The van der Waals surface area contributed by atoms with Crippen LogP contribution in [0.25, 0.3) is 0 Å². The summed E-state index contributed by atoms with van der Waals surface area (Å²) in [5.74, 6) is -0.839. The van der Waals surface area contributed by atoms with Crippen molar-refractivity contribution in [3.05, 3.63) is 70.0 Å². The maximum Gasteiger partial charge on any atom is 0.261 e. The molecule has 1 amide bonds. The Morgan fingerprint density at radius 3 is 2.43 bits per heavy atom. The largest absolute Gasteiger partial charge is 0.326 e. The zero-order valence-corrected chi connectivity index (χ0v) is 22.1. The van der Waals surface area contributed by atoms with Crippen molar-refractivity contribution < 1.29 is 21.6 Å². The van der Waals surface area contributed by atoms with Crippen LogP contribution in [-0.4, -0.2) is 40.1 Å². The Morgan fingerprint density at radius 2 is 1.77 bits per heavy atom. The SMILES string of the molecule is O=C(Nc1ccc(S(=O)(=O)Nc2ccc(Cl)cc2Cl)cc1)[C@H]1CCCN(S(=O)(=O)c2cccs2)C1. The van der Waals surface area contributed by atoms with Crippen LogP contribution in [0, 0.1) is 5.92 Å². The van der Waals surface area contributed by atoms with Crippen molar-refractivity contribution in [2.75, 3.05) is 23.1 Å². The molecule has 2 aromatic carbocycles. The molecular weight excluding hydrogens is 553 g/mol. The summed E-state index contributed by atoms with van der Waals surface area (Å²) >= 11 is 13.0. The topological polar surface area (TPSA) is 113 Å². The Morgan fingerprint density at radius 1 is 1.03 bits per heavy atom. The highest BCUT2D eigenvalue weighted by atomic mass is 35.5. The van der Waals surface area contributed by atoms with Gasteiger partial charge in [0, 0.05) is 23.8 Å². The van der Waals surface area contributed by atoms with E-state index in [0.29, 0.717) is 30.1 Å². The summed E-state index contributed by atoms with van der Waals surface area (Å²) in [4.78, 5) is 12.8. The number of thiophene rings is 1. The average Bonchev–Trinajstić information content (AvgIpc) is 3.37. The van der Waals surface area contributed by atoms with Crippen LogP contribution in [0.2, 0.25) is 10.0 Å². The molecule has 1 aromatic heterocycles. The number of amides is 1. The molecule has 0 aliphatic carbocycles. The van der Waals surface area contributed by atoms with Crippen LogP contribution in [0.3, 0.4) is 0 Å². The van der Waals surface area contributed by atoms with Crippen molar-refractivity contribution in [1.82, 2.24) is 4.31 Å². The smallest absolute Gasteiger partial charge is 0.261 e. The second kappa shape index (κ2) is 10.5. The molecule has 1 fully saturated rings. The number of carbonyl (C=O) groups is 1. The molecule has 13 heteroatoms. The molecule has 1 aliphatic heterocycles. The van der Waals surface area contributed by atoms with Gasteiger partial charge in [-0.1, -0.05) is 29.3 Å². The first-order chi connectivity index (χ1) is 16.6. The number of halogens is 2. The van der Waals surface area contributed by atoms with Crippen molar-refractivity contribution in [2.45, 2.75) is 21.9 Å². The van der Waals surface area contributed by atoms with Gasteiger partial charge in [0.25, 0.3) is 20.0 Å². The molecule has 1 aliphatic rings. The van der Waals surface area contributed by atoms with E-state index in [1.807, 2.05) is 0 Å². The first-order valence-electron chi connectivity index (χ1n) is 10.5. The van der Waals surface area contributed by atoms with Crippen LogP contribution in [0.5, 0.6) is 0 Å². The van der Waals surface area contributed by atoms with Crippen LogP contribution < -0.4 is 10.0 Å². The Balaban J connectivity index is 1.41. The van der Waals surface area contributed by atoms with E-state index in [-0.39, 0.29) is 32.3 Å². The molecule has 4 rings (SSSR count). The summed E-state index contributed by atoms with van der Waals surface area (Å²) < 4.78 is 55.0. The normalized spacial score (nSPS) is 17.1. The predicted molar refractivity (Wildman–Crippen MR) is 138 cm³/mol. The standard InChI is InChI=1S/C22H21Cl2N3O5S3/c23-16-5-10-20(19(24)13-16)26-34(29,30)18-8-6-17(7-9-18)25-22(28)15-3-1-11-27(14-15)35(31,32)21-4-2-12-33-21/h2,4-10,12-13,15,26H,1,3,11,14H2,(H,25,28)/t15-/m0/s1. The summed E-state index contributed by atoms with van der Waals surface area (Å²) in [6.07, 6.45) is 1.12. The number of hydrogen-bond acceptors (Lipinski definition) is 6. The van der Waals surface area contributed by atoms with Gasteiger partial charge >= 0.3 is 0 Å². The van der Waals surface area contributed by atoms with Crippen LogP contribution in [-0.2, 0) is 24.8 Å². The first-order valence-corrected chi connectivity index (χ1v) is 15.0. The maximum atomic E-state index is 12.8. The molecule has 3 aromatic rings. The van der Waals surface area contributed by atoms with Crippen molar-refractivity contribution in [3.63, 3.8) is 0 Å². The number of benzene rings is 2. The second-order valence-corrected chi connectivity index (χ2v) is 13.5. The van der Waals surface area contributed by atoms with Crippen LogP contribution in [0.4, 0.5) is 11.4 Å². The van der Waals surface area contributed by atoms with Gasteiger partial charge in [-0.3, -0.25) is 9.52 Å². The fraction of sp³-hybridized carbons (Fsp3) is 0.227. The number of nitrogens with one attached hydrogen (secondary N) is 2. The van der Waals surface area contributed by atoms with Gasteiger partial charge in [0.15, 0.2) is 0 Å². The minimum absolute atomic E-state index is 0.0209. The molecule has 1 atom stereocenters. The van der Waals surface area contributed by atoms with Crippen LogP contribution >= 0.6 is 34.5 Å². The minimum atomic E-state index is -3.92. The number of piperidine rings is 1. The van der Waals surface area contributed by atoms with E-state index in [0.717, 1.165) is 11.3 Å². The van der Waals surface area contributed by atoms with E-state index >= 15 is 0 Å². The molecule has 0 bridgehead atoms. The quantitative estimate of drug-likeness (QED) is 0.417. The third-order valence-electron chi connectivity index (χ3n) is 5.45. The molecule has 0 radical (unpaired) electrons. The van der Waals surface area contributed by atoms with Gasteiger partial charge in [-0.25, -0.2) is 16.8 Å². The summed E-state index contributed by atoms with van der Waals surface area (Å²) in [6.45, 7) is 0.450. The fourth-order valence-corrected chi connectivity index (χ4v) is 7.91. The highest BCUT2D eigenvalue weighted by Gasteiger charge is 2.33. The first kappa shape index (κ1) is 25.9. The van der Waals surface area contributed by atoms with E-state index in [1.54, 1.807) is 17.5 Å². The zero-order valence-electron chi connectivity index (χ0n) is 18.1. The Bertz CT molecular complexity index is 1430. The number of anilines is 2. The van der Waals surface area contributed by atoms with E-state index in [2.05, 4.69) is 10.0 Å². The van der Waals surface area contributed by atoms with Gasteiger partial charge in [0.1, 0.15) is 4.21 Å². The summed E-state index contributed by atoms with van der Waals surface area (Å²) in [5, 5.41) is 4.99. The van der Waals surface area contributed by atoms with Gasteiger partial charge in [-0.2, -0.15) is 4.31 Å². The lowest BCUT2D eigenvalue weighted by Crippen LogP contribution is -2.43. The Hall–Kier alpha value is -2.15. The van der Waals surface area contributed by atoms with Crippen LogP contribution in [0.15, 0.2) is 69.1 Å². The van der Waals surface area contributed by atoms with Gasteiger partial charge in [-0.05, 0) is 66.8 Å². The lowest BCUT2D eigenvalue weighted by Gasteiger charge is -2.30. The minimum Gasteiger partial charge on any atom is -0.326 e. The molecular formula is C22H21Cl2N3O5S3. The highest BCUT2D eigenvalue weighted by molar-refractivity contribution is 7.92. The molecule has 0 saturated carbocycles. The van der Waals surface area contributed by atoms with Crippen molar-refractivity contribution >= 4 is 71.9 Å². The second-order valence-electron chi connectivity index (χ2n) is 7.88. The van der Waals surface area contributed by atoms with E-state index in [1.165, 1.54) is 46.8 Å². The zero-order chi connectivity index (χ0) is 25.2. The molecule has 35 heavy (non-hydrogen) atoms. The summed E-state index contributed by atoms with van der Waals surface area (Å²) in [5.41, 5.74) is 0.588. The lowest BCUT2D eigenvalue weighted by molar-refractivity contribution is -0.120. The highest BCUT2D eigenvalue weighted by Crippen LogP contribution is 2.29. The van der Waals surface area contributed by atoms with Crippen molar-refractivity contribution in [2.24, 2.45) is 5.92 Å². The predicted octanol–water partition coefficient (Wildman–Crippen LogP) is 4.90. The molecule has 1 saturated heterocycles. The number of sulfonamides is 2. The third-order valence-corrected chi connectivity index (χ3v) is 10.6. The third kappa shape index (κ3) is 5.99. The lowest BCUT2D eigenvalue weighted by atomic mass is 9.99. The van der Waals surface area contributed by atoms with Crippen molar-refractivity contribution in [3.8, 4) is 0 Å². The van der Waals surface area contributed by atoms with Gasteiger partial charge in [0.2, 0.25) is 5.91 Å². The molecule has 0 spiro atoms. The average molecular weight is 575 g/mol. The van der Waals surface area contributed by atoms with Gasteiger partial charge < -0.3 is 5.32 Å². The van der Waals surface area contributed by atoms with Gasteiger partial charge in [0.05, 0.1) is 21.5 Å².